The van der Waals surface area contributed by atoms with Crippen LogP contribution < -0.4 is 0 Å². The Morgan fingerprint density at radius 2 is 1.31 bits per heavy atom. The van der Waals surface area contributed by atoms with Crippen LogP contribution in [0.2, 0.25) is 0 Å². The minimum atomic E-state index is -1.34. The molecule has 0 bridgehead atoms. The third kappa shape index (κ3) is 8.79. The number of esters is 5. The molecule has 1 saturated heterocycles. The number of ether oxygens (including phenoxy) is 7. The van der Waals surface area contributed by atoms with E-state index >= 15 is 0 Å². The van der Waals surface area contributed by atoms with Crippen LogP contribution in [0.4, 0.5) is 0 Å². The Labute approximate surface area is 185 Å². The average molecular weight is 462 g/mol. The van der Waals surface area contributed by atoms with E-state index in [4.69, 9.17) is 33.2 Å². The van der Waals surface area contributed by atoms with Crippen LogP contribution in [0.1, 0.15) is 41.5 Å². The van der Waals surface area contributed by atoms with Gasteiger partial charge >= 0.3 is 29.8 Å². The lowest BCUT2D eigenvalue weighted by Crippen LogP contribution is -2.63. The van der Waals surface area contributed by atoms with Gasteiger partial charge in [-0.2, -0.15) is 0 Å². The summed E-state index contributed by atoms with van der Waals surface area (Å²) in [5.41, 5.74) is 0. The third-order valence-corrected chi connectivity index (χ3v) is 4.15. The fourth-order valence-corrected chi connectivity index (χ4v) is 2.91. The molecule has 0 N–H and O–H groups in total. The van der Waals surface area contributed by atoms with Gasteiger partial charge in [-0.1, -0.05) is 0 Å². The van der Waals surface area contributed by atoms with E-state index in [-0.39, 0.29) is 19.8 Å². The summed E-state index contributed by atoms with van der Waals surface area (Å²) in [6, 6.07) is 0. The number of hydrogen-bond donors (Lipinski definition) is 0. The molecule has 0 spiro atoms. The van der Waals surface area contributed by atoms with Crippen LogP contribution in [0, 0.1) is 5.92 Å². The molecule has 0 aromatic rings. The molecule has 1 heterocycles. The molecule has 1 rings (SSSR count). The lowest BCUT2D eigenvalue weighted by Gasteiger charge is -2.44. The van der Waals surface area contributed by atoms with Gasteiger partial charge in [0.1, 0.15) is 12.7 Å². The first kappa shape index (κ1) is 27.3. The predicted molar refractivity (Wildman–Crippen MR) is 104 cm³/mol. The Morgan fingerprint density at radius 3 is 1.81 bits per heavy atom. The largest absolute Gasteiger partial charge is 0.466 e. The van der Waals surface area contributed by atoms with Gasteiger partial charge in [0, 0.05) is 27.7 Å². The van der Waals surface area contributed by atoms with Crippen molar-refractivity contribution in [3.63, 3.8) is 0 Å². The molecule has 0 aromatic carbocycles. The lowest BCUT2D eigenvalue weighted by atomic mass is 9.98. The first-order valence-electron chi connectivity index (χ1n) is 10.0. The molecule has 0 radical (unpaired) electrons. The zero-order valence-electron chi connectivity index (χ0n) is 19.0. The number of rotatable bonds is 10. The topological polar surface area (TPSA) is 150 Å². The summed E-state index contributed by atoms with van der Waals surface area (Å²) >= 11 is 0. The quantitative estimate of drug-likeness (QED) is 0.324. The Hall–Kier alpha value is -2.73. The van der Waals surface area contributed by atoms with Gasteiger partial charge in [-0.05, 0) is 13.8 Å². The van der Waals surface area contributed by atoms with Crippen molar-refractivity contribution < 1.29 is 57.1 Å². The number of carbonyl (C=O) groups excluding carboxylic acids is 5. The van der Waals surface area contributed by atoms with E-state index in [1.165, 1.54) is 6.92 Å². The minimum Gasteiger partial charge on any atom is -0.466 e. The highest BCUT2D eigenvalue weighted by Gasteiger charge is 2.52. The molecule has 182 valence electrons. The van der Waals surface area contributed by atoms with Gasteiger partial charge < -0.3 is 33.2 Å². The molecule has 0 aliphatic carbocycles. The van der Waals surface area contributed by atoms with Crippen molar-refractivity contribution in [1.82, 2.24) is 0 Å². The van der Waals surface area contributed by atoms with Crippen molar-refractivity contribution in [3.05, 3.63) is 0 Å². The Kier molecular flexibility index (Phi) is 11.1. The van der Waals surface area contributed by atoms with E-state index in [0.29, 0.717) is 0 Å². The summed E-state index contributed by atoms with van der Waals surface area (Å²) in [4.78, 5) is 58.3. The molecule has 32 heavy (non-hydrogen) atoms. The van der Waals surface area contributed by atoms with Crippen molar-refractivity contribution in [1.29, 1.82) is 0 Å². The molecule has 12 heteroatoms. The standard InChI is InChI=1S/C20H30O12/c1-7-26-19(25)10(2)8-28-20-18(31-14(6)24)17(30-13(5)23)16(29-12(4)22)15(32-20)9-27-11(3)21/h10,15-18,20H,7-9H2,1-6H3/t10-,15+,16+,17-,18+,20+/m0/s1. The van der Waals surface area contributed by atoms with Crippen LogP contribution in [0.5, 0.6) is 0 Å². The lowest BCUT2D eigenvalue weighted by molar-refractivity contribution is -0.309. The molecular weight excluding hydrogens is 432 g/mol. The molecule has 0 saturated carbocycles. The molecule has 0 aromatic heterocycles. The van der Waals surface area contributed by atoms with Crippen LogP contribution in [0.25, 0.3) is 0 Å². The van der Waals surface area contributed by atoms with Crippen molar-refractivity contribution in [3.8, 4) is 0 Å². The molecule has 1 aliphatic rings. The summed E-state index contributed by atoms with van der Waals surface area (Å²) in [7, 11) is 0. The summed E-state index contributed by atoms with van der Waals surface area (Å²) < 4.78 is 37.1. The van der Waals surface area contributed by atoms with E-state index in [2.05, 4.69) is 0 Å². The van der Waals surface area contributed by atoms with Crippen LogP contribution in [-0.2, 0) is 57.1 Å². The van der Waals surface area contributed by atoms with Gasteiger partial charge in [-0.15, -0.1) is 0 Å². The van der Waals surface area contributed by atoms with Crippen molar-refractivity contribution in [2.45, 2.75) is 72.2 Å². The smallest absolute Gasteiger partial charge is 0.310 e. The van der Waals surface area contributed by atoms with Crippen LogP contribution in [0.3, 0.4) is 0 Å². The highest BCUT2D eigenvalue weighted by Crippen LogP contribution is 2.30. The van der Waals surface area contributed by atoms with Crippen molar-refractivity contribution in [2.75, 3.05) is 19.8 Å². The molecule has 6 atom stereocenters. The van der Waals surface area contributed by atoms with Gasteiger partial charge in [0.05, 0.1) is 19.1 Å². The van der Waals surface area contributed by atoms with Crippen LogP contribution in [-0.4, -0.2) is 80.4 Å². The zero-order chi connectivity index (χ0) is 24.4. The van der Waals surface area contributed by atoms with E-state index < -0.39 is 66.5 Å². The fourth-order valence-electron chi connectivity index (χ4n) is 2.91. The number of carbonyl (C=O) groups is 5. The molecule has 12 nitrogen and oxygen atoms in total. The van der Waals surface area contributed by atoms with Crippen molar-refractivity contribution in [2.24, 2.45) is 5.92 Å². The summed E-state index contributed by atoms with van der Waals surface area (Å²) in [6.45, 7) is 7.37. The summed E-state index contributed by atoms with van der Waals surface area (Å²) in [6.07, 6.45) is -6.42. The first-order valence-corrected chi connectivity index (χ1v) is 10.0. The SMILES string of the molecule is CCOC(=O)[C@@H](C)CO[C@@H]1O[C@H](COC(C)=O)[C@@H](OC(C)=O)[C@H](OC(C)=O)[C@H]1OC(C)=O. The van der Waals surface area contributed by atoms with E-state index in [9.17, 15) is 24.0 Å². The molecule has 0 unspecified atom stereocenters. The fraction of sp³-hybridized carbons (Fsp3) is 0.750. The van der Waals surface area contributed by atoms with Gasteiger partial charge in [-0.3, -0.25) is 24.0 Å². The Morgan fingerprint density at radius 1 is 0.781 bits per heavy atom. The minimum absolute atomic E-state index is 0.183. The van der Waals surface area contributed by atoms with Gasteiger partial charge in [0.15, 0.2) is 24.6 Å². The maximum Gasteiger partial charge on any atom is 0.310 e. The average Bonchev–Trinajstić information content (AvgIpc) is 2.67. The van der Waals surface area contributed by atoms with E-state index in [0.717, 1.165) is 20.8 Å². The second-order valence-corrected chi connectivity index (χ2v) is 7.05. The second kappa shape index (κ2) is 13.0. The monoisotopic (exact) mass is 462 g/mol. The summed E-state index contributed by atoms with van der Waals surface area (Å²) in [5.74, 6) is -4.07. The molecule has 0 amide bonds. The zero-order valence-corrected chi connectivity index (χ0v) is 19.0. The van der Waals surface area contributed by atoms with E-state index in [1.807, 2.05) is 0 Å². The first-order chi connectivity index (χ1) is 15.0. The van der Waals surface area contributed by atoms with Crippen LogP contribution >= 0.6 is 0 Å². The maximum atomic E-state index is 11.9. The highest BCUT2D eigenvalue weighted by atomic mass is 16.7. The molecular formula is C20H30O12. The Bertz CT molecular complexity index is 690. The van der Waals surface area contributed by atoms with Gasteiger partial charge in [-0.25, -0.2) is 0 Å². The highest BCUT2D eigenvalue weighted by molar-refractivity contribution is 5.72. The van der Waals surface area contributed by atoms with Crippen molar-refractivity contribution >= 4 is 29.8 Å². The van der Waals surface area contributed by atoms with E-state index in [1.54, 1.807) is 13.8 Å². The third-order valence-electron chi connectivity index (χ3n) is 4.15. The summed E-state index contributed by atoms with van der Waals surface area (Å²) in [5, 5.41) is 0. The number of hydrogen-bond acceptors (Lipinski definition) is 12. The molecule has 1 aliphatic heterocycles. The van der Waals surface area contributed by atoms with Gasteiger partial charge in [0.25, 0.3) is 0 Å². The Balaban J connectivity index is 3.23. The second-order valence-electron chi connectivity index (χ2n) is 7.05. The van der Waals surface area contributed by atoms with Crippen LogP contribution in [0.15, 0.2) is 0 Å². The maximum absolute atomic E-state index is 11.9. The van der Waals surface area contributed by atoms with Gasteiger partial charge in [0.2, 0.25) is 0 Å². The normalized spacial score (nSPS) is 25.8. The molecule has 1 fully saturated rings. The predicted octanol–water partition coefficient (Wildman–Crippen LogP) is 0.285.